The van der Waals surface area contributed by atoms with Gasteiger partial charge in [0.2, 0.25) is 0 Å². The van der Waals surface area contributed by atoms with Gasteiger partial charge in [-0.3, -0.25) is 0 Å². The van der Waals surface area contributed by atoms with Crippen molar-refractivity contribution >= 4 is 12.4 Å². The quantitative estimate of drug-likeness (QED) is 0.586. The summed E-state index contributed by atoms with van der Waals surface area (Å²) in [4.78, 5) is 3.95. The second-order valence-electron chi connectivity index (χ2n) is 2.24. The highest BCUT2D eigenvalue weighted by molar-refractivity contribution is 5.85. The lowest BCUT2D eigenvalue weighted by Crippen LogP contribution is -1.85. The highest BCUT2D eigenvalue weighted by atomic mass is 35.5. The molecule has 0 saturated heterocycles. The molecule has 2 rings (SSSR count). The first-order valence-corrected chi connectivity index (χ1v) is 2.94. The van der Waals surface area contributed by atoms with Gasteiger partial charge in [-0.25, -0.2) is 4.98 Å². The third-order valence-corrected chi connectivity index (χ3v) is 1.49. The normalized spacial score (nSPS) is 16.9. The van der Waals surface area contributed by atoms with E-state index in [0.29, 0.717) is 0 Å². The summed E-state index contributed by atoms with van der Waals surface area (Å²) in [6, 6.07) is 0.789. The van der Waals surface area contributed by atoms with Gasteiger partial charge < -0.3 is 4.57 Å². The van der Waals surface area contributed by atoms with Crippen molar-refractivity contribution in [2.75, 3.05) is 0 Å². The second kappa shape index (κ2) is 2.40. The van der Waals surface area contributed by atoms with Gasteiger partial charge in [-0.05, 0) is 12.8 Å². The maximum Gasteiger partial charge on any atom is 0.0948 e. The van der Waals surface area contributed by atoms with Crippen molar-refractivity contribution in [1.82, 2.24) is 9.55 Å². The fourth-order valence-corrected chi connectivity index (χ4v) is 0.858. The van der Waals surface area contributed by atoms with E-state index >= 15 is 0 Å². The lowest BCUT2D eigenvalue weighted by atomic mass is 10.7. The van der Waals surface area contributed by atoms with E-state index in [0.717, 1.165) is 6.04 Å². The number of hydrogen-bond donors (Lipinski definition) is 0. The zero-order valence-electron chi connectivity index (χ0n) is 5.03. The van der Waals surface area contributed by atoms with Crippen LogP contribution >= 0.6 is 12.4 Å². The average molecular weight is 145 g/mol. The van der Waals surface area contributed by atoms with Gasteiger partial charge in [-0.1, -0.05) is 0 Å². The Morgan fingerprint density at radius 1 is 1.44 bits per heavy atom. The van der Waals surface area contributed by atoms with Crippen LogP contribution in [0.25, 0.3) is 0 Å². The summed E-state index contributed by atoms with van der Waals surface area (Å²) in [5.74, 6) is 0. The van der Waals surface area contributed by atoms with Crippen molar-refractivity contribution < 1.29 is 0 Å². The Balaban J connectivity index is 0.000000405. The molecule has 1 fully saturated rings. The van der Waals surface area contributed by atoms with Crippen LogP contribution in [0.15, 0.2) is 18.7 Å². The fraction of sp³-hybridized carbons (Fsp3) is 0.500. The molecule has 9 heavy (non-hydrogen) atoms. The molecule has 50 valence electrons. The van der Waals surface area contributed by atoms with Crippen LogP contribution in [-0.2, 0) is 0 Å². The molecule has 1 aromatic heterocycles. The Morgan fingerprint density at radius 2 is 2.22 bits per heavy atom. The minimum absolute atomic E-state index is 0. The molecule has 0 amide bonds. The standard InChI is InChI=1S/C6H8N2.ClH/c1-2-6(1)8-4-3-7-5-8;/h3-6H,1-2H2;1H. The van der Waals surface area contributed by atoms with Crippen molar-refractivity contribution in [2.24, 2.45) is 0 Å². The van der Waals surface area contributed by atoms with Gasteiger partial charge in [0.05, 0.1) is 6.33 Å². The van der Waals surface area contributed by atoms with Crippen molar-refractivity contribution in [2.45, 2.75) is 18.9 Å². The highest BCUT2D eigenvalue weighted by Crippen LogP contribution is 2.33. The Labute approximate surface area is 60.3 Å². The average Bonchev–Trinajstić information content (AvgIpc) is 2.49. The topological polar surface area (TPSA) is 17.8 Å². The summed E-state index contributed by atoms with van der Waals surface area (Å²) in [6.45, 7) is 0. The van der Waals surface area contributed by atoms with Crippen molar-refractivity contribution in [3.05, 3.63) is 18.7 Å². The molecule has 2 nitrogen and oxygen atoms in total. The fourth-order valence-electron chi connectivity index (χ4n) is 0.858. The van der Waals surface area contributed by atoms with E-state index in [1.54, 1.807) is 0 Å². The van der Waals surface area contributed by atoms with Gasteiger partial charge in [-0.15, -0.1) is 12.4 Å². The highest BCUT2D eigenvalue weighted by Gasteiger charge is 2.21. The van der Waals surface area contributed by atoms with Crippen molar-refractivity contribution in [1.29, 1.82) is 0 Å². The van der Waals surface area contributed by atoms with E-state index in [1.807, 2.05) is 18.7 Å². The van der Waals surface area contributed by atoms with Crippen LogP contribution in [0.3, 0.4) is 0 Å². The number of rotatable bonds is 1. The van der Waals surface area contributed by atoms with E-state index < -0.39 is 0 Å². The van der Waals surface area contributed by atoms with Crippen LogP contribution in [0.4, 0.5) is 0 Å². The lowest BCUT2D eigenvalue weighted by Gasteiger charge is -1.91. The molecule has 0 spiro atoms. The summed E-state index contributed by atoms with van der Waals surface area (Å²) < 4.78 is 2.17. The molecule has 0 N–H and O–H groups in total. The van der Waals surface area contributed by atoms with Gasteiger partial charge in [0, 0.05) is 18.4 Å². The smallest absolute Gasteiger partial charge is 0.0948 e. The molecule has 0 radical (unpaired) electrons. The van der Waals surface area contributed by atoms with Gasteiger partial charge in [0.1, 0.15) is 0 Å². The molecule has 0 bridgehead atoms. The predicted molar refractivity (Wildman–Crippen MR) is 37.7 cm³/mol. The molecular formula is C6H9ClN2. The van der Waals surface area contributed by atoms with Gasteiger partial charge in [0.15, 0.2) is 0 Å². The Bertz CT molecular complexity index is 167. The third kappa shape index (κ3) is 1.24. The molecule has 0 unspecified atom stereocenters. The first-order chi connectivity index (χ1) is 3.97. The van der Waals surface area contributed by atoms with Gasteiger partial charge in [0.25, 0.3) is 0 Å². The summed E-state index contributed by atoms with van der Waals surface area (Å²) in [5, 5.41) is 0. The van der Waals surface area contributed by atoms with Gasteiger partial charge in [-0.2, -0.15) is 0 Å². The summed E-state index contributed by atoms with van der Waals surface area (Å²) >= 11 is 0. The predicted octanol–water partition coefficient (Wildman–Crippen LogP) is 1.64. The number of nitrogens with zero attached hydrogens (tertiary/aromatic N) is 2. The van der Waals surface area contributed by atoms with Crippen molar-refractivity contribution in [3.63, 3.8) is 0 Å². The van der Waals surface area contributed by atoms with Crippen molar-refractivity contribution in [3.8, 4) is 0 Å². The maximum absolute atomic E-state index is 3.95. The largest absolute Gasteiger partial charge is 0.334 e. The van der Waals surface area contributed by atoms with E-state index in [4.69, 9.17) is 0 Å². The van der Waals surface area contributed by atoms with E-state index in [-0.39, 0.29) is 12.4 Å². The van der Waals surface area contributed by atoms with E-state index in [2.05, 4.69) is 9.55 Å². The molecule has 1 aliphatic rings. The second-order valence-corrected chi connectivity index (χ2v) is 2.24. The molecule has 1 heterocycles. The molecular weight excluding hydrogens is 136 g/mol. The summed E-state index contributed by atoms with van der Waals surface area (Å²) in [6.07, 6.45) is 8.43. The van der Waals surface area contributed by atoms with Crippen LogP contribution in [0.2, 0.25) is 0 Å². The number of hydrogen-bond acceptors (Lipinski definition) is 1. The first-order valence-electron chi connectivity index (χ1n) is 2.94. The molecule has 0 atom stereocenters. The Kier molecular flexibility index (Phi) is 1.76. The molecule has 1 saturated carbocycles. The third-order valence-electron chi connectivity index (χ3n) is 1.49. The van der Waals surface area contributed by atoms with Crippen LogP contribution < -0.4 is 0 Å². The monoisotopic (exact) mass is 144 g/mol. The maximum atomic E-state index is 3.95. The number of imidazole rings is 1. The molecule has 3 heteroatoms. The first kappa shape index (κ1) is 6.62. The number of halogens is 1. The zero-order chi connectivity index (χ0) is 5.40. The molecule has 0 aromatic carbocycles. The summed E-state index contributed by atoms with van der Waals surface area (Å²) in [7, 11) is 0. The van der Waals surface area contributed by atoms with Crippen LogP contribution in [0.5, 0.6) is 0 Å². The lowest BCUT2D eigenvalue weighted by molar-refractivity contribution is 0.740. The Hall–Kier alpha value is -0.500. The summed E-state index contributed by atoms with van der Waals surface area (Å²) in [5.41, 5.74) is 0. The molecule has 1 aliphatic carbocycles. The van der Waals surface area contributed by atoms with Gasteiger partial charge >= 0.3 is 0 Å². The molecule has 0 aliphatic heterocycles. The zero-order valence-corrected chi connectivity index (χ0v) is 5.84. The van der Waals surface area contributed by atoms with E-state index in [9.17, 15) is 0 Å². The van der Waals surface area contributed by atoms with Crippen LogP contribution in [0, 0.1) is 0 Å². The van der Waals surface area contributed by atoms with Crippen LogP contribution in [-0.4, -0.2) is 9.55 Å². The minimum atomic E-state index is 0. The van der Waals surface area contributed by atoms with E-state index in [1.165, 1.54) is 12.8 Å². The number of aromatic nitrogens is 2. The molecule has 1 aromatic rings. The minimum Gasteiger partial charge on any atom is -0.334 e. The SMILES string of the molecule is Cl.c1cn(C2CC2)cn1. The van der Waals surface area contributed by atoms with Crippen LogP contribution in [0.1, 0.15) is 18.9 Å². The Morgan fingerprint density at radius 3 is 2.67 bits per heavy atom.